The fourth-order valence-corrected chi connectivity index (χ4v) is 3.34. The molecule has 0 atom stereocenters. The molecule has 0 aliphatic carbocycles. The summed E-state index contributed by atoms with van der Waals surface area (Å²) >= 11 is 12.0. The molecule has 8 heteroatoms. The minimum Gasteiger partial charge on any atom is -0.378 e. The van der Waals surface area contributed by atoms with Crippen molar-refractivity contribution in [3.8, 4) is 0 Å². The van der Waals surface area contributed by atoms with Crippen LogP contribution in [0, 0.1) is 0 Å². The van der Waals surface area contributed by atoms with Gasteiger partial charge in [0.2, 0.25) is 0 Å². The molecule has 32 heavy (non-hydrogen) atoms. The molecule has 2 N–H and O–H groups in total. The van der Waals surface area contributed by atoms with Crippen LogP contribution in [-0.2, 0) is 0 Å². The molecule has 3 aromatic rings. The molecule has 0 unspecified atom stereocenters. The van der Waals surface area contributed by atoms with Gasteiger partial charge in [-0.2, -0.15) is 5.10 Å². The van der Waals surface area contributed by atoms with Crippen molar-refractivity contribution in [3.63, 3.8) is 0 Å². The van der Waals surface area contributed by atoms with Gasteiger partial charge in [0.15, 0.2) is 0 Å². The molecule has 0 saturated heterocycles. The molecule has 164 valence electrons. The zero-order valence-electron chi connectivity index (χ0n) is 17.8. The van der Waals surface area contributed by atoms with E-state index >= 15 is 0 Å². The Morgan fingerprint density at radius 1 is 0.844 bits per heavy atom. The SMILES string of the molecule is C/C(=N\NC(=O)c1ccc(N(C)C)cc1)c1ccc(NC(=O)c2ccc(Cl)cc2Cl)cc1. The van der Waals surface area contributed by atoms with Gasteiger partial charge in [-0.05, 0) is 67.1 Å². The second kappa shape index (κ2) is 10.3. The maximum atomic E-state index is 12.4. The van der Waals surface area contributed by atoms with Gasteiger partial charge in [0, 0.05) is 36.1 Å². The Bertz CT molecular complexity index is 1160. The van der Waals surface area contributed by atoms with Crippen LogP contribution in [0.1, 0.15) is 33.2 Å². The van der Waals surface area contributed by atoms with Crippen LogP contribution in [0.15, 0.2) is 71.8 Å². The topological polar surface area (TPSA) is 73.8 Å². The Hall–Kier alpha value is -3.35. The molecule has 0 heterocycles. The molecule has 3 aromatic carbocycles. The van der Waals surface area contributed by atoms with Crippen molar-refractivity contribution in [1.29, 1.82) is 0 Å². The van der Waals surface area contributed by atoms with Crippen LogP contribution in [0.25, 0.3) is 0 Å². The van der Waals surface area contributed by atoms with Crippen molar-refractivity contribution >= 4 is 52.1 Å². The van der Waals surface area contributed by atoms with E-state index in [-0.39, 0.29) is 16.8 Å². The summed E-state index contributed by atoms with van der Waals surface area (Å²) in [5.74, 6) is -0.629. The van der Waals surface area contributed by atoms with E-state index < -0.39 is 0 Å². The summed E-state index contributed by atoms with van der Waals surface area (Å²) < 4.78 is 0. The van der Waals surface area contributed by atoms with Gasteiger partial charge in [0.1, 0.15) is 0 Å². The number of hydrogen-bond donors (Lipinski definition) is 2. The first kappa shape index (κ1) is 23.3. The van der Waals surface area contributed by atoms with Crippen molar-refractivity contribution < 1.29 is 9.59 Å². The molecule has 0 spiro atoms. The number of hydrazone groups is 1. The predicted molar refractivity (Wildman–Crippen MR) is 131 cm³/mol. The number of nitrogens with zero attached hydrogens (tertiary/aromatic N) is 2. The third kappa shape index (κ3) is 5.87. The van der Waals surface area contributed by atoms with Gasteiger partial charge < -0.3 is 10.2 Å². The summed E-state index contributed by atoms with van der Waals surface area (Å²) in [5, 5.41) is 7.71. The first-order valence-electron chi connectivity index (χ1n) is 9.73. The van der Waals surface area contributed by atoms with Crippen LogP contribution in [0.2, 0.25) is 10.0 Å². The highest BCUT2D eigenvalue weighted by Crippen LogP contribution is 2.22. The van der Waals surface area contributed by atoms with Crippen molar-refractivity contribution in [1.82, 2.24) is 5.43 Å². The number of hydrogen-bond acceptors (Lipinski definition) is 4. The summed E-state index contributed by atoms with van der Waals surface area (Å²) in [6, 6.07) is 19.0. The normalized spacial score (nSPS) is 11.1. The van der Waals surface area contributed by atoms with Gasteiger partial charge in [-0.25, -0.2) is 5.43 Å². The van der Waals surface area contributed by atoms with Crippen LogP contribution < -0.4 is 15.6 Å². The number of nitrogens with one attached hydrogen (secondary N) is 2. The lowest BCUT2D eigenvalue weighted by molar-refractivity contribution is 0.0954. The minimum absolute atomic E-state index is 0.279. The van der Waals surface area contributed by atoms with Crippen LogP contribution in [0.4, 0.5) is 11.4 Å². The lowest BCUT2D eigenvalue weighted by Crippen LogP contribution is -2.19. The number of benzene rings is 3. The second-order valence-electron chi connectivity index (χ2n) is 7.24. The molecule has 0 radical (unpaired) electrons. The van der Waals surface area contributed by atoms with E-state index in [1.54, 1.807) is 55.5 Å². The van der Waals surface area contributed by atoms with Gasteiger partial charge in [-0.1, -0.05) is 35.3 Å². The highest BCUT2D eigenvalue weighted by Gasteiger charge is 2.11. The third-order valence-electron chi connectivity index (χ3n) is 4.71. The molecule has 2 amide bonds. The standard InChI is InChI=1S/C24H22Cl2N4O2/c1-15(28-29-23(31)17-6-11-20(12-7-17)30(2)3)16-4-9-19(10-5-16)27-24(32)21-13-8-18(25)14-22(21)26/h4-14H,1-3H3,(H,27,32)(H,29,31)/b28-15+. The second-order valence-corrected chi connectivity index (χ2v) is 8.08. The van der Waals surface area contributed by atoms with Gasteiger partial charge in [-0.15, -0.1) is 0 Å². The zero-order valence-corrected chi connectivity index (χ0v) is 19.3. The minimum atomic E-state index is -0.336. The summed E-state index contributed by atoms with van der Waals surface area (Å²) in [4.78, 5) is 26.7. The fourth-order valence-electron chi connectivity index (χ4n) is 2.84. The average molecular weight is 469 g/mol. The summed E-state index contributed by atoms with van der Waals surface area (Å²) in [6.07, 6.45) is 0. The largest absolute Gasteiger partial charge is 0.378 e. The highest BCUT2D eigenvalue weighted by molar-refractivity contribution is 6.37. The van der Waals surface area contributed by atoms with Crippen molar-refractivity contribution in [2.24, 2.45) is 5.10 Å². The zero-order chi connectivity index (χ0) is 23.3. The van der Waals surface area contributed by atoms with Crippen LogP contribution >= 0.6 is 23.2 Å². The number of halogens is 2. The quantitative estimate of drug-likeness (QED) is 0.372. The van der Waals surface area contributed by atoms with Crippen LogP contribution in [-0.4, -0.2) is 31.6 Å². The Kier molecular flexibility index (Phi) is 7.51. The Morgan fingerprint density at radius 3 is 2.06 bits per heavy atom. The lowest BCUT2D eigenvalue weighted by atomic mass is 10.1. The van der Waals surface area contributed by atoms with E-state index in [1.807, 2.05) is 31.1 Å². The third-order valence-corrected chi connectivity index (χ3v) is 5.26. The maximum Gasteiger partial charge on any atom is 0.271 e. The van der Waals surface area contributed by atoms with E-state index in [0.29, 0.717) is 27.5 Å². The number of carbonyl (C=O) groups is 2. The summed E-state index contributed by atoms with van der Waals surface area (Å²) in [6.45, 7) is 1.79. The van der Waals surface area contributed by atoms with E-state index in [4.69, 9.17) is 23.2 Å². The molecule has 0 aromatic heterocycles. The molecule has 0 aliphatic heterocycles. The van der Waals surface area contributed by atoms with Crippen molar-refractivity contribution in [2.45, 2.75) is 6.92 Å². The fraction of sp³-hybridized carbons (Fsp3) is 0.125. The highest BCUT2D eigenvalue weighted by atomic mass is 35.5. The predicted octanol–water partition coefficient (Wildman–Crippen LogP) is 5.47. The monoisotopic (exact) mass is 468 g/mol. The van der Waals surface area contributed by atoms with Gasteiger partial charge in [-0.3, -0.25) is 9.59 Å². The average Bonchev–Trinajstić information content (AvgIpc) is 2.77. The molecule has 0 fully saturated rings. The first-order chi connectivity index (χ1) is 15.2. The Morgan fingerprint density at radius 2 is 1.47 bits per heavy atom. The number of rotatable bonds is 6. The molecule has 0 bridgehead atoms. The van der Waals surface area contributed by atoms with Crippen LogP contribution in [0.5, 0.6) is 0 Å². The molecular formula is C24H22Cl2N4O2. The van der Waals surface area contributed by atoms with E-state index in [2.05, 4.69) is 15.8 Å². The smallest absolute Gasteiger partial charge is 0.271 e. The number of amides is 2. The molecule has 3 rings (SSSR count). The number of carbonyl (C=O) groups excluding carboxylic acids is 2. The van der Waals surface area contributed by atoms with E-state index in [1.165, 1.54) is 6.07 Å². The van der Waals surface area contributed by atoms with E-state index in [9.17, 15) is 9.59 Å². The van der Waals surface area contributed by atoms with Gasteiger partial charge >= 0.3 is 0 Å². The maximum absolute atomic E-state index is 12.4. The van der Waals surface area contributed by atoms with Gasteiger partial charge in [0.05, 0.1) is 16.3 Å². The first-order valence-corrected chi connectivity index (χ1v) is 10.5. The molecule has 0 aliphatic rings. The molecule has 6 nitrogen and oxygen atoms in total. The lowest BCUT2D eigenvalue weighted by Gasteiger charge is -2.12. The summed E-state index contributed by atoms with van der Waals surface area (Å²) in [5.41, 5.74) is 6.45. The van der Waals surface area contributed by atoms with Crippen molar-refractivity contribution in [3.05, 3.63) is 93.5 Å². The van der Waals surface area contributed by atoms with Crippen molar-refractivity contribution in [2.75, 3.05) is 24.3 Å². The van der Waals surface area contributed by atoms with Gasteiger partial charge in [0.25, 0.3) is 11.8 Å². The molecular weight excluding hydrogens is 447 g/mol. The van der Waals surface area contributed by atoms with Crippen LogP contribution in [0.3, 0.4) is 0 Å². The number of anilines is 2. The Labute approximate surface area is 196 Å². The Balaban J connectivity index is 1.62. The summed E-state index contributed by atoms with van der Waals surface area (Å²) in [7, 11) is 3.87. The molecule has 0 saturated carbocycles. The van der Waals surface area contributed by atoms with E-state index in [0.717, 1.165) is 11.3 Å².